The molecule has 0 radical (unpaired) electrons. The molecule has 5 aliphatic carbocycles. The first-order valence-corrected chi connectivity index (χ1v) is 22.0. The summed E-state index contributed by atoms with van der Waals surface area (Å²) in [5, 5.41) is 44.4. The van der Waals surface area contributed by atoms with Crippen LogP contribution in [0.1, 0.15) is 144 Å². The van der Waals surface area contributed by atoms with E-state index < -0.39 is 28.9 Å². The molecule has 7 rings (SSSR count). The number of esters is 1. The van der Waals surface area contributed by atoms with Crippen LogP contribution in [0, 0.1) is 67.5 Å². The number of fused-ring (bicyclic) bond motifs is 7. The lowest BCUT2D eigenvalue weighted by Gasteiger charge is -2.72. The Bertz CT molecular complexity index is 2080. The molecule has 3 unspecified atom stereocenters. The van der Waals surface area contributed by atoms with Crippen molar-refractivity contribution >= 4 is 17.7 Å². The van der Waals surface area contributed by atoms with E-state index in [1.807, 2.05) is 11.6 Å². The number of pyridine rings is 1. The second-order valence-electron chi connectivity index (χ2n) is 21.1. The Hall–Kier alpha value is -3.95. The maximum absolute atomic E-state index is 14.4. The number of hydrogen-bond acceptors (Lipinski definition) is 10. The molecule has 0 amide bonds. The summed E-state index contributed by atoms with van der Waals surface area (Å²) in [6, 6.07) is 5.59. The number of aliphatic hydroxyl groups is 1. The number of aliphatic carboxylic acids is 1. The number of carbonyl (C=O) groups is 3. The molecule has 0 aromatic carbocycles. The average molecular weight is 811 g/mol. The molecular weight excluding hydrogens is 745 g/mol. The van der Waals surface area contributed by atoms with Crippen LogP contribution < -0.4 is 5.32 Å². The van der Waals surface area contributed by atoms with Crippen LogP contribution in [0.15, 0.2) is 29.5 Å². The van der Waals surface area contributed by atoms with Crippen molar-refractivity contribution in [2.24, 2.45) is 56.2 Å². The zero-order valence-corrected chi connectivity index (χ0v) is 36.9. The van der Waals surface area contributed by atoms with E-state index in [9.17, 15) is 29.9 Å². The van der Waals surface area contributed by atoms with Crippen LogP contribution in [0.4, 0.5) is 0 Å². The van der Waals surface area contributed by atoms with E-state index in [1.165, 1.54) is 6.20 Å². The van der Waals surface area contributed by atoms with Gasteiger partial charge in [-0.1, -0.05) is 48.5 Å². The normalized spacial score (nSPS) is 34.3. The van der Waals surface area contributed by atoms with Crippen molar-refractivity contribution in [2.45, 2.75) is 145 Å². The number of nitrogens with one attached hydrogen (secondary N) is 1. The topological polar surface area (TPSA) is 180 Å². The fourth-order valence-electron chi connectivity index (χ4n) is 13.8. The predicted molar refractivity (Wildman–Crippen MR) is 222 cm³/mol. The standard InChI is InChI=1S/C47H66N6O6/c1-27(2)36-31(54)23-47(38(56)40-52-51-39(53(40)22-21-49-10)30-13-11-28(25-48)26-50-30)20-19-45(8)29(37(36)47)12-14-33-44(7)17-16-34(59-35(55)24-42(3,4)41(57)58)43(5,6)32(44)15-18-46(33,45)9/h11,13,26-27,29,32-34,38,49,56H,12,14-24H2,1-10H3,(H,57,58)/t29-,32?,33?,34+,38?,44+,45-,46-,47-/m1/s1. The molecule has 5 aliphatic rings. The van der Waals surface area contributed by atoms with E-state index in [2.05, 4.69) is 75.0 Å². The molecule has 0 bridgehead atoms. The zero-order chi connectivity index (χ0) is 43.1. The summed E-state index contributed by atoms with van der Waals surface area (Å²) < 4.78 is 8.13. The van der Waals surface area contributed by atoms with Gasteiger partial charge in [0.15, 0.2) is 17.4 Å². The van der Waals surface area contributed by atoms with E-state index in [0.29, 0.717) is 54.3 Å². The number of rotatable bonds is 11. The minimum atomic E-state index is -1.19. The zero-order valence-electron chi connectivity index (χ0n) is 36.9. The van der Waals surface area contributed by atoms with Gasteiger partial charge in [0.25, 0.3) is 0 Å². The molecule has 12 nitrogen and oxygen atoms in total. The molecule has 0 spiro atoms. The maximum atomic E-state index is 14.4. The number of carbonyl (C=O) groups excluding carboxylic acids is 2. The number of ketones is 1. The van der Waals surface area contributed by atoms with Crippen LogP contribution in [-0.4, -0.2) is 67.4 Å². The fourth-order valence-corrected chi connectivity index (χ4v) is 13.8. The molecule has 2 heterocycles. The molecule has 4 saturated carbocycles. The van der Waals surface area contributed by atoms with Crippen LogP contribution in [-0.2, 0) is 25.7 Å². The van der Waals surface area contributed by atoms with Gasteiger partial charge in [0.05, 0.1) is 17.4 Å². The largest absolute Gasteiger partial charge is 0.481 e. The number of nitrogens with zero attached hydrogens (tertiary/aromatic N) is 5. The number of carboxylic acids is 1. The number of Topliss-reactive ketones (excluding diaryl/α,β-unsaturated/α-hetero) is 1. The molecule has 9 atom stereocenters. The highest BCUT2D eigenvalue weighted by Crippen LogP contribution is 2.77. The van der Waals surface area contributed by atoms with Crippen molar-refractivity contribution in [3.63, 3.8) is 0 Å². The van der Waals surface area contributed by atoms with Crippen molar-refractivity contribution in [3.8, 4) is 17.6 Å². The van der Waals surface area contributed by atoms with Gasteiger partial charge in [0, 0.05) is 36.5 Å². The third-order valence-corrected chi connectivity index (χ3v) is 17.1. The van der Waals surface area contributed by atoms with Gasteiger partial charge >= 0.3 is 11.9 Å². The molecule has 320 valence electrons. The first-order chi connectivity index (χ1) is 27.6. The van der Waals surface area contributed by atoms with Gasteiger partial charge in [0.1, 0.15) is 24.0 Å². The lowest BCUT2D eigenvalue weighted by Crippen LogP contribution is -2.66. The van der Waals surface area contributed by atoms with Crippen LogP contribution in [0.5, 0.6) is 0 Å². The van der Waals surface area contributed by atoms with Gasteiger partial charge in [-0.2, -0.15) is 5.26 Å². The minimum absolute atomic E-state index is 0.00212. The number of carboxylic acid groups (broad SMARTS) is 1. The SMILES string of the molecule is CNCCn1c(-c2ccc(C#N)cn2)nnc1C(O)[C@@]12CC[C@]3(C)[C@H](CCC4[C@@]5(C)CC[C@H](OC(=O)CC(C)(C)C(=O)O)C(C)(C)C5CC[C@]43C)C1=C(C(C)C)C(=O)C2. The number of hydrogen-bond donors (Lipinski definition) is 3. The number of likely N-dealkylation sites (N-methyl/N-ethyl adjacent to an activating group) is 1. The molecule has 0 saturated heterocycles. The second kappa shape index (κ2) is 14.9. The Morgan fingerprint density at radius 3 is 2.37 bits per heavy atom. The number of aliphatic hydroxyl groups excluding tert-OH is 1. The summed E-state index contributed by atoms with van der Waals surface area (Å²) in [5.74, 6) is 0.513. The second-order valence-corrected chi connectivity index (χ2v) is 21.1. The molecule has 2 aromatic rings. The Kier molecular flexibility index (Phi) is 10.9. The third kappa shape index (κ3) is 6.50. The average Bonchev–Trinajstić information content (AvgIpc) is 3.73. The van der Waals surface area contributed by atoms with Gasteiger partial charge in [-0.25, -0.2) is 0 Å². The van der Waals surface area contributed by atoms with Gasteiger partial charge in [-0.15, -0.1) is 10.2 Å². The smallest absolute Gasteiger partial charge is 0.309 e. The highest BCUT2D eigenvalue weighted by molar-refractivity contribution is 6.00. The first kappa shape index (κ1) is 43.1. The number of aromatic nitrogens is 4. The summed E-state index contributed by atoms with van der Waals surface area (Å²) in [5.41, 5.74) is 0.624. The molecule has 4 fully saturated rings. The van der Waals surface area contributed by atoms with E-state index in [1.54, 1.807) is 26.0 Å². The van der Waals surface area contributed by atoms with Crippen LogP contribution in [0.2, 0.25) is 0 Å². The van der Waals surface area contributed by atoms with Crippen molar-refractivity contribution in [2.75, 3.05) is 13.6 Å². The monoisotopic (exact) mass is 811 g/mol. The highest BCUT2D eigenvalue weighted by atomic mass is 16.5. The van der Waals surface area contributed by atoms with E-state index in [-0.39, 0.29) is 58.2 Å². The third-order valence-electron chi connectivity index (χ3n) is 17.1. The number of allylic oxidation sites excluding steroid dienone is 1. The van der Waals surface area contributed by atoms with Gasteiger partial charge in [0.2, 0.25) is 0 Å². The van der Waals surface area contributed by atoms with Crippen molar-refractivity contribution in [1.29, 1.82) is 5.26 Å². The summed E-state index contributed by atoms with van der Waals surface area (Å²) in [4.78, 5) is 43.9. The first-order valence-electron chi connectivity index (χ1n) is 22.0. The summed E-state index contributed by atoms with van der Waals surface area (Å²) in [6.07, 6.45) is 7.46. The van der Waals surface area contributed by atoms with Crippen molar-refractivity contribution in [1.82, 2.24) is 25.1 Å². The minimum Gasteiger partial charge on any atom is -0.481 e. The Morgan fingerprint density at radius 1 is 1.02 bits per heavy atom. The Morgan fingerprint density at radius 2 is 1.75 bits per heavy atom. The quantitative estimate of drug-likeness (QED) is 0.188. The summed E-state index contributed by atoms with van der Waals surface area (Å²) in [6.45, 7) is 20.5. The maximum Gasteiger partial charge on any atom is 0.309 e. The van der Waals surface area contributed by atoms with E-state index >= 15 is 0 Å². The Balaban J connectivity index is 1.22. The van der Waals surface area contributed by atoms with Gasteiger partial charge in [-0.05, 0) is 135 Å². The van der Waals surface area contributed by atoms with Crippen LogP contribution in [0.25, 0.3) is 11.5 Å². The van der Waals surface area contributed by atoms with Gasteiger partial charge < -0.3 is 24.8 Å². The lowest BCUT2D eigenvalue weighted by atomic mass is 9.33. The Labute approximate surface area is 350 Å². The van der Waals surface area contributed by atoms with Crippen LogP contribution >= 0.6 is 0 Å². The van der Waals surface area contributed by atoms with E-state index in [0.717, 1.165) is 56.1 Å². The predicted octanol–water partition coefficient (Wildman–Crippen LogP) is 7.86. The summed E-state index contributed by atoms with van der Waals surface area (Å²) in [7, 11) is 1.88. The highest BCUT2D eigenvalue weighted by Gasteiger charge is 2.71. The van der Waals surface area contributed by atoms with Crippen LogP contribution in [0.3, 0.4) is 0 Å². The molecule has 0 aliphatic heterocycles. The molecule has 59 heavy (non-hydrogen) atoms. The molecule has 3 N–H and O–H groups in total. The summed E-state index contributed by atoms with van der Waals surface area (Å²) >= 11 is 0. The molecular formula is C47H66N6O6. The van der Waals surface area contributed by atoms with E-state index in [4.69, 9.17) is 4.74 Å². The van der Waals surface area contributed by atoms with Crippen molar-refractivity contribution < 1.29 is 29.3 Å². The molecule has 12 heteroatoms. The van der Waals surface area contributed by atoms with Crippen molar-refractivity contribution in [3.05, 3.63) is 40.9 Å². The number of nitriles is 1. The fraction of sp³-hybridized carbons (Fsp3) is 0.723. The van der Waals surface area contributed by atoms with Gasteiger partial charge in [-0.3, -0.25) is 19.4 Å². The molecule has 2 aromatic heterocycles. The lowest BCUT2D eigenvalue weighted by molar-refractivity contribution is -0.235. The number of ether oxygens (including phenoxy) is 1.